The highest BCUT2D eigenvalue weighted by molar-refractivity contribution is 5.75. The van der Waals surface area contributed by atoms with Gasteiger partial charge in [0.2, 0.25) is 11.8 Å². The highest BCUT2D eigenvalue weighted by Crippen LogP contribution is 2.33. The second kappa shape index (κ2) is 8.97. The lowest BCUT2D eigenvalue weighted by atomic mass is 10.0. The largest absolute Gasteiger partial charge is 0.378 e. The third kappa shape index (κ3) is 4.62. The molecule has 156 valence electrons. The minimum Gasteiger partial charge on any atom is -0.378 e. The Morgan fingerprint density at radius 2 is 2.10 bits per heavy atom. The molecule has 1 amide bonds. The van der Waals surface area contributed by atoms with E-state index < -0.39 is 0 Å². The summed E-state index contributed by atoms with van der Waals surface area (Å²) >= 11 is 0. The molecule has 1 atom stereocenters. The number of morpholine rings is 1. The van der Waals surface area contributed by atoms with Gasteiger partial charge in [0.25, 0.3) is 0 Å². The average molecular weight is 399 g/mol. The van der Waals surface area contributed by atoms with Gasteiger partial charge in [-0.2, -0.15) is 0 Å². The maximum absolute atomic E-state index is 12.4. The molecule has 3 heterocycles. The first kappa shape index (κ1) is 19.9. The van der Waals surface area contributed by atoms with Crippen molar-refractivity contribution in [3.63, 3.8) is 0 Å². The van der Waals surface area contributed by atoms with E-state index in [9.17, 15) is 4.79 Å². The molecule has 7 nitrogen and oxygen atoms in total. The zero-order valence-electron chi connectivity index (χ0n) is 17.2. The predicted molar refractivity (Wildman–Crippen MR) is 110 cm³/mol. The number of anilines is 1. The van der Waals surface area contributed by atoms with Crippen LogP contribution >= 0.6 is 0 Å². The summed E-state index contributed by atoms with van der Waals surface area (Å²) in [7, 11) is 0. The Hall–Kier alpha value is -2.38. The molecule has 4 rings (SSSR count). The van der Waals surface area contributed by atoms with Crippen LogP contribution in [0.5, 0.6) is 0 Å². The number of amides is 1. The van der Waals surface area contributed by atoms with E-state index in [1.807, 2.05) is 17.0 Å². The van der Waals surface area contributed by atoms with Crippen molar-refractivity contribution in [2.24, 2.45) is 0 Å². The number of hydrogen-bond acceptors (Lipinski definition) is 6. The summed E-state index contributed by atoms with van der Waals surface area (Å²) in [5.41, 5.74) is 3.91. The van der Waals surface area contributed by atoms with Crippen LogP contribution in [0.15, 0.2) is 28.8 Å². The van der Waals surface area contributed by atoms with Crippen molar-refractivity contribution >= 4 is 11.8 Å². The van der Waals surface area contributed by atoms with E-state index in [0.29, 0.717) is 26.3 Å². The lowest BCUT2D eigenvalue weighted by Crippen LogP contribution is -2.38. The molecule has 0 bridgehead atoms. The van der Waals surface area contributed by atoms with Gasteiger partial charge in [-0.15, -0.1) is 0 Å². The molecule has 1 unspecified atom stereocenters. The molecule has 7 heteroatoms. The molecule has 2 fully saturated rings. The van der Waals surface area contributed by atoms with Crippen LogP contribution in [0.3, 0.4) is 0 Å². The van der Waals surface area contributed by atoms with E-state index in [1.54, 1.807) is 6.92 Å². The summed E-state index contributed by atoms with van der Waals surface area (Å²) in [6.45, 7) is 8.32. The Morgan fingerprint density at radius 3 is 2.79 bits per heavy atom. The Kier molecular flexibility index (Phi) is 6.16. The van der Waals surface area contributed by atoms with Gasteiger partial charge < -0.3 is 23.8 Å². The number of ether oxygens (including phenoxy) is 2. The number of hydrogen-bond donors (Lipinski definition) is 0. The molecule has 2 saturated heterocycles. The smallest absolute Gasteiger partial charge is 0.233 e. The van der Waals surface area contributed by atoms with Gasteiger partial charge >= 0.3 is 0 Å². The lowest BCUT2D eigenvalue weighted by molar-refractivity contribution is -0.131. The van der Waals surface area contributed by atoms with Gasteiger partial charge in [-0.05, 0) is 25.8 Å². The third-order valence-corrected chi connectivity index (χ3v) is 5.60. The molecule has 1 aromatic carbocycles. The second-order valence-corrected chi connectivity index (χ2v) is 7.82. The van der Waals surface area contributed by atoms with Gasteiger partial charge in [0.15, 0.2) is 0 Å². The first-order valence-electron chi connectivity index (χ1n) is 10.4. The van der Waals surface area contributed by atoms with Crippen LogP contribution < -0.4 is 4.90 Å². The molecule has 0 spiro atoms. The molecule has 29 heavy (non-hydrogen) atoms. The minimum atomic E-state index is 0.0322. The van der Waals surface area contributed by atoms with E-state index in [2.05, 4.69) is 29.1 Å². The van der Waals surface area contributed by atoms with E-state index in [-0.39, 0.29) is 12.0 Å². The van der Waals surface area contributed by atoms with E-state index in [4.69, 9.17) is 14.0 Å². The Balaban J connectivity index is 1.67. The van der Waals surface area contributed by atoms with Crippen molar-refractivity contribution in [1.82, 2.24) is 10.1 Å². The van der Waals surface area contributed by atoms with Gasteiger partial charge in [-0.3, -0.25) is 4.79 Å². The molecule has 0 radical (unpaired) electrons. The van der Waals surface area contributed by atoms with Gasteiger partial charge in [0.05, 0.1) is 31.4 Å². The highest BCUT2D eigenvalue weighted by Gasteiger charge is 2.28. The SMILES string of the molecule is CC(=O)N(Cc1c(-c2cccc(C)c2)noc1N1CCOCC1)CC1CCCO1. The van der Waals surface area contributed by atoms with E-state index in [1.165, 1.54) is 0 Å². The quantitative estimate of drug-likeness (QED) is 0.744. The monoisotopic (exact) mass is 399 g/mol. The fourth-order valence-corrected chi connectivity index (χ4v) is 4.01. The number of aryl methyl sites for hydroxylation is 1. The van der Waals surface area contributed by atoms with Crippen LogP contribution in [-0.4, -0.2) is 61.5 Å². The fraction of sp³-hybridized carbons (Fsp3) is 0.545. The van der Waals surface area contributed by atoms with Gasteiger partial charge in [0.1, 0.15) is 5.69 Å². The zero-order chi connectivity index (χ0) is 20.2. The first-order chi connectivity index (χ1) is 14.1. The number of benzene rings is 1. The van der Waals surface area contributed by atoms with E-state index in [0.717, 1.165) is 60.8 Å². The number of carbonyl (C=O) groups excluding carboxylic acids is 1. The summed E-state index contributed by atoms with van der Waals surface area (Å²) in [6, 6.07) is 8.22. The maximum atomic E-state index is 12.4. The highest BCUT2D eigenvalue weighted by atomic mass is 16.5. The molecular formula is C22H29N3O4. The van der Waals surface area contributed by atoms with Crippen molar-refractivity contribution < 1.29 is 18.8 Å². The van der Waals surface area contributed by atoms with Crippen LogP contribution in [0.2, 0.25) is 0 Å². The van der Waals surface area contributed by atoms with Gasteiger partial charge in [-0.25, -0.2) is 0 Å². The lowest BCUT2D eigenvalue weighted by Gasteiger charge is -2.29. The molecule has 0 saturated carbocycles. The van der Waals surface area contributed by atoms with Crippen LogP contribution in [0.1, 0.15) is 30.9 Å². The van der Waals surface area contributed by atoms with Crippen molar-refractivity contribution in [2.75, 3.05) is 44.4 Å². The van der Waals surface area contributed by atoms with Crippen molar-refractivity contribution in [2.45, 2.75) is 39.3 Å². The standard InChI is InChI=1S/C22H29N3O4/c1-16-5-3-6-18(13-16)21-20(22(29-23-21)24-8-11-27-12-9-24)15-25(17(2)26)14-19-7-4-10-28-19/h3,5-6,13,19H,4,7-12,14-15H2,1-2H3. The van der Waals surface area contributed by atoms with Crippen LogP contribution in [-0.2, 0) is 20.8 Å². The van der Waals surface area contributed by atoms with Gasteiger partial charge in [-0.1, -0.05) is 28.9 Å². The molecule has 0 aliphatic carbocycles. The number of nitrogens with zero attached hydrogens (tertiary/aromatic N) is 3. The van der Waals surface area contributed by atoms with Crippen LogP contribution in [0, 0.1) is 6.92 Å². The summed E-state index contributed by atoms with van der Waals surface area (Å²) in [6.07, 6.45) is 2.15. The number of carbonyl (C=O) groups is 1. The summed E-state index contributed by atoms with van der Waals surface area (Å²) in [4.78, 5) is 16.4. The van der Waals surface area contributed by atoms with Crippen LogP contribution in [0.4, 0.5) is 5.88 Å². The summed E-state index contributed by atoms with van der Waals surface area (Å²) in [5, 5.41) is 4.42. The normalized spacial score (nSPS) is 19.5. The molecular weight excluding hydrogens is 370 g/mol. The topological polar surface area (TPSA) is 68.0 Å². The molecule has 2 aromatic rings. The Labute approximate surface area is 171 Å². The first-order valence-corrected chi connectivity index (χ1v) is 10.4. The van der Waals surface area contributed by atoms with Crippen LogP contribution in [0.25, 0.3) is 11.3 Å². The zero-order valence-corrected chi connectivity index (χ0v) is 17.2. The summed E-state index contributed by atoms with van der Waals surface area (Å²) in [5.74, 6) is 0.771. The average Bonchev–Trinajstić information content (AvgIpc) is 3.38. The van der Waals surface area contributed by atoms with Crippen molar-refractivity contribution in [3.8, 4) is 11.3 Å². The Morgan fingerprint density at radius 1 is 1.28 bits per heavy atom. The number of rotatable bonds is 6. The van der Waals surface area contributed by atoms with Crippen molar-refractivity contribution in [3.05, 3.63) is 35.4 Å². The van der Waals surface area contributed by atoms with E-state index >= 15 is 0 Å². The second-order valence-electron chi connectivity index (χ2n) is 7.82. The van der Waals surface area contributed by atoms with Gasteiger partial charge in [0, 0.05) is 38.7 Å². The molecule has 2 aliphatic rings. The molecule has 2 aliphatic heterocycles. The third-order valence-electron chi connectivity index (χ3n) is 5.60. The maximum Gasteiger partial charge on any atom is 0.233 e. The minimum absolute atomic E-state index is 0.0322. The fourth-order valence-electron chi connectivity index (χ4n) is 4.01. The number of aromatic nitrogens is 1. The molecule has 0 N–H and O–H groups in total. The predicted octanol–water partition coefficient (Wildman–Crippen LogP) is 3.01. The molecule has 1 aromatic heterocycles. The Bertz CT molecular complexity index is 838. The van der Waals surface area contributed by atoms with Crippen molar-refractivity contribution in [1.29, 1.82) is 0 Å². The summed E-state index contributed by atoms with van der Waals surface area (Å²) < 4.78 is 17.1.